The van der Waals surface area contributed by atoms with Crippen LogP contribution in [0, 0.1) is 0 Å². The fourth-order valence-electron chi connectivity index (χ4n) is 2.40. The van der Waals surface area contributed by atoms with Crippen LogP contribution in [0.25, 0.3) is 0 Å². The molecule has 0 spiro atoms. The van der Waals surface area contributed by atoms with Gasteiger partial charge in [0.25, 0.3) is 0 Å². The second-order valence-corrected chi connectivity index (χ2v) is 5.86. The van der Waals surface area contributed by atoms with Crippen LogP contribution in [0.3, 0.4) is 0 Å². The topological polar surface area (TPSA) is 104 Å². The molecule has 0 unspecified atom stereocenters. The van der Waals surface area contributed by atoms with Crippen molar-refractivity contribution in [3.63, 3.8) is 0 Å². The smallest absolute Gasteiger partial charge is 0.132 e. The molecule has 0 rings (SSSR count). The molecule has 0 aliphatic heterocycles. The number of hydrogen-bond acceptors (Lipinski definition) is 4. The van der Waals surface area contributed by atoms with E-state index in [1.807, 2.05) is 6.92 Å². The Hall–Kier alpha value is -0.740. The van der Waals surface area contributed by atoms with Gasteiger partial charge < -0.3 is 12.3 Å². The summed E-state index contributed by atoms with van der Waals surface area (Å²) >= 11 is 0. The molecular weight excluding hydrogens is 276 g/mol. The van der Waals surface area contributed by atoms with Gasteiger partial charge in [-0.2, -0.15) is 0 Å². The Morgan fingerprint density at radius 3 is 1.32 bits per heavy atom. The number of carbonyl (C=O) groups excluding carboxylic acids is 2. The van der Waals surface area contributed by atoms with Gasteiger partial charge >= 0.3 is 0 Å². The molecular formula is C18H40N2O2. The summed E-state index contributed by atoms with van der Waals surface area (Å²) in [6.07, 6.45) is 14.6. The van der Waals surface area contributed by atoms with Gasteiger partial charge in [-0.3, -0.25) is 9.59 Å². The molecule has 0 bridgehead atoms. The van der Waals surface area contributed by atoms with E-state index in [0.717, 1.165) is 44.9 Å². The lowest BCUT2D eigenvalue weighted by Gasteiger charge is -2.02. The van der Waals surface area contributed by atoms with Crippen LogP contribution in [0.5, 0.6) is 0 Å². The first-order chi connectivity index (χ1) is 9.70. The van der Waals surface area contributed by atoms with Crippen LogP contribution >= 0.6 is 0 Å². The molecule has 22 heavy (non-hydrogen) atoms. The van der Waals surface area contributed by atoms with Crippen LogP contribution in [0.15, 0.2) is 0 Å². The zero-order valence-corrected chi connectivity index (χ0v) is 15.1. The normalized spacial score (nSPS) is 9.73. The summed E-state index contributed by atoms with van der Waals surface area (Å²) in [5.74, 6) is 0.841. The SMILES string of the molecule is CCCCCCC(=O)CCCCCCCCC(=O)CC.N.N. The number of unbranched alkanes of at least 4 members (excludes halogenated alkanes) is 8. The van der Waals surface area contributed by atoms with E-state index < -0.39 is 0 Å². The molecule has 4 nitrogen and oxygen atoms in total. The lowest BCUT2D eigenvalue weighted by Crippen LogP contribution is -1.97. The average Bonchev–Trinajstić information content (AvgIpc) is 2.46. The minimum atomic E-state index is 0. The quantitative estimate of drug-likeness (QED) is 0.364. The van der Waals surface area contributed by atoms with Crippen molar-refractivity contribution >= 4 is 11.6 Å². The molecule has 0 fully saturated rings. The zero-order valence-electron chi connectivity index (χ0n) is 15.1. The van der Waals surface area contributed by atoms with Crippen LogP contribution in [0.2, 0.25) is 0 Å². The molecule has 0 aliphatic carbocycles. The van der Waals surface area contributed by atoms with Crippen LogP contribution in [0.1, 0.15) is 104 Å². The largest absolute Gasteiger partial charge is 0.344 e. The Morgan fingerprint density at radius 1 is 0.545 bits per heavy atom. The number of Topliss-reactive ketones (excluding diaryl/α,β-unsaturated/α-hetero) is 2. The molecule has 0 saturated heterocycles. The standard InChI is InChI=1S/C18H34O2.2H3N/c1-3-5-6-11-15-18(20)16-13-10-8-7-9-12-14-17(19)4-2;;/h3-16H2,1-2H3;2*1H3. The minimum Gasteiger partial charge on any atom is -0.344 e. The number of rotatable bonds is 15. The number of carbonyl (C=O) groups is 2. The summed E-state index contributed by atoms with van der Waals surface area (Å²) < 4.78 is 0. The predicted molar refractivity (Wildman–Crippen MR) is 96.0 cm³/mol. The first-order valence-corrected chi connectivity index (χ1v) is 8.74. The fourth-order valence-corrected chi connectivity index (χ4v) is 2.40. The fraction of sp³-hybridized carbons (Fsp3) is 0.889. The maximum Gasteiger partial charge on any atom is 0.132 e. The van der Waals surface area contributed by atoms with Crippen LogP contribution in [0.4, 0.5) is 0 Å². The minimum absolute atomic E-state index is 0. The highest BCUT2D eigenvalue weighted by Gasteiger charge is 2.02. The van der Waals surface area contributed by atoms with E-state index in [0.29, 0.717) is 18.0 Å². The maximum absolute atomic E-state index is 11.6. The first-order valence-electron chi connectivity index (χ1n) is 8.74. The lowest BCUT2D eigenvalue weighted by molar-refractivity contribution is -0.120. The third-order valence-electron chi connectivity index (χ3n) is 3.86. The van der Waals surface area contributed by atoms with Crippen molar-refractivity contribution in [2.24, 2.45) is 0 Å². The molecule has 4 heteroatoms. The van der Waals surface area contributed by atoms with E-state index in [4.69, 9.17) is 0 Å². The van der Waals surface area contributed by atoms with Crippen LogP contribution in [-0.2, 0) is 9.59 Å². The van der Waals surface area contributed by atoms with Gasteiger partial charge in [0.1, 0.15) is 11.6 Å². The highest BCUT2D eigenvalue weighted by Crippen LogP contribution is 2.11. The molecule has 6 N–H and O–H groups in total. The monoisotopic (exact) mass is 316 g/mol. The highest BCUT2D eigenvalue weighted by atomic mass is 16.1. The summed E-state index contributed by atoms with van der Waals surface area (Å²) in [6, 6.07) is 0. The van der Waals surface area contributed by atoms with Gasteiger partial charge in [0.05, 0.1) is 0 Å². The van der Waals surface area contributed by atoms with Crippen LogP contribution in [-0.4, -0.2) is 11.6 Å². The van der Waals surface area contributed by atoms with Crippen molar-refractivity contribution in [1.82, 2.24) is 12.3 Å². The molecule has 0 aromatic carbocycles. The van der Waals surface area contributed by atoms with Gasteiger partial charge in [-0.05, 0) is 19.3 Å². The third-order valence-corrected chi connectivity index (χ3v) is 3.86. The van der Waals surface area contributed by atoms with Crippen molar-refractivity contribution in [3.05, 3.63) is 0 Å². The van der Waals surface area contributed by atoms with E-state index in [2.05, 4.69) is 6.92 Å². The second kappa shape index (κ2) is 20.3. The van der Waals surface area contributed by atoms with Gasteiger partial charge in [-0.1, -0.05) is 58.8 Å². The van der Waals surface area contributed by atoms with Crippen molar-refractivity contribution in [2.45, 2.75) is 104 Å². The molecule has 0 atom stereocenters. The third kappa shape index (κ3) is 19.3. The van der Waals surface area contributed by atoms with Gasteiger partial charge in [0.15, 0.2) is 0 Å². The molecule has 0 aliphatic rings. The molecule has 0 aromatic rings. The number of ketones is 2. The first kappa shape index (κ1) is 26.2. The summed E-state index contributed by atoms with van der Waals surface area (Å²) in [5.41, 5.74) is 0. The van der Waals surface area contributed by atoms with Gasteiger partial charge in [0.2, 0.25) is 0 Å². The Balaban J connectivity index is -0.00000180. The molecule has 0 heterocycles. The Labute approximate surface area is 138 Å². The van der Waals surface area contributed by atoms with Gasteiger partial charge in [-0.25, -0.2) is 0 Å². The molecule has 0 radical (unpaired) electrons. The summed E-state index contributed by atoms with van der Waals surface area (Å²) in [7, 11) is 0. The van der Waals surface area contributed by atoms with E-state index in [1.165, 1.54) is 38.5 Å². The van der Waals surface area contributed by atoms with E-state index in [1.54, 1.807) is 0 Å². The second-order valence-electron chi connectivity index (χ2n) is 5.86. The maximum atomic E-state index is 11.6. The van der Waals surface area contributed by atoms with E-state index in [-0.39, 0.29) is 12.3 Å². The Morgan fingerprint density at radius 2 is 0.909 bits per heavy atom. The van der Waals surface area contributed by atoms with Crippen molar-refractivity contribution in [2.75, 3.05) is 0 Å². The summed E-state index contributed by atoms with van der Waals surface area (Å²) in [4.78, 5) is 22.7. The Bertz CT molecular complexity index is 255. The average molecular weight is 317 g/mol. The predicted octanol–water partition coefficient (Wildman–Crippen LogP) is 5.95. The van der Waals surface area contributed by atoms with E-state index >= 15 is 0 Å². The van der Waals surface area contributed by atoms with Crippen molar-refractivity contribution in [3.8, 4) is 0 Å². The zero-order chi connectivity index (χ0) is 15.1. The summed E-state index contributed by atoms with van der Waals surface area (Å²) in [5, 5.41) is 0. The van der Waals surface area contributed by atoms with Gasteiger partial charge in [0, 0.05) is 25.7 Å². The van der Waals surface area contributed by atoms with Crippen molar-refractivity contribution in [1.29, 1.82) is 0 Å². The number of hydrogen-bond donors (Lipinski definition) is 2. The molecule has 0 aromatic heterocycles. The molecule has 0 saturated carbocycles. The molecule has 134 valence electrons. The Kier molecular flexibility index (Phi) is 24.1. The van der Waals surface area contributed by atoms with Crippen LogP contribution < -0.4 is 12.3 Å². The lowest BCUT2D eigenvalue weighted by atomic mass is 10.0. The molecule has 0 amide bonds. The highest BCUT2D eigenvalue weighted by molar-refractivity contribution is 5.78. The summed E-state index contributed by atoms with van der Waals surface area (Å²) in [6.45, 7) is 4.13. The van der Waals surface area contributed by atoms with Gasteiger partial charge in [-0.15, -0.1) is 0 Å². The van der Waals surface area contributed by atoms with Crippen molar-refractivity contribution < 1.29 is 9.59 Å². The van der Waals surface area contributed by atoms with E-state index in [9.17, 15) is 9.59 Å².